The molecule has 0 aliphatic heterocycles. The van der Waals surface area contributed by atoms with Crippen LogP contribution >= 0.6 is 0 Å². The van der Waals surface area contributed by atoms with Gasteiger partial charge in [-0.1, -0.05) is 65.5 Å². The van der Waals surface area contributed by atoms with E-state index in [4.69, 9.17) is 0 Å². The van der Waals surface area contributed by atoms with E-state index in [1.54, 1.807) is 0 Å². The molecular weight excluding hydrogens is 242 g/mol. The third-order valence-electron chi connectivity index (χ3n) is 5.06. The molecule has 0 radical (unpaired) electrons. The van der Waals surface area contributed by atoms with Gasteiger partial charge in [0.05, 0.1) is 0 Å². The molecule has 0 amide bonds. The van der Waals surface area contributed by atoms with Gasteiger partial charge in [-0.25, -0.2) is 0 Å². The highest BCUT2D eigenvalue weighted by molar-refractivity contribution is 5.02. The molecule has 1 aliphatic rings. The Morgan fingerprint density at radius 2 is 1.90 bits per heavy atom. The summed E-state index contributed by atoms with van der Waals surface area (Å²) in [4.78, 5) is 0. The van der Waals surface area contributed by atoms with Crippen LogP contribution in [-0.2, 0) is 0 Å². The van der Waals surface area contributed by atoms with E-state index in [0.717, 1.165) is 5.92 Å². The van der Waals surface area contributed by atoms with Crippen LogP contribution in [0.4, 0.5) is 0 Å². The van der Waals surface area contributed by atoms with Crippen molar-refractivity contribution in [3.63, 3.8) is 0 Å². The number of allylic oxidation sites excluding steroid dienone is 1. The van der Waals surface area contributed by atoms with Gasteiger partial charge in [-0.05, 0) is 44.4 Å². The van der Waals surface area contributed by atoms with E-state index in [1.165, 1.54) is 51.4 Å². The quantitative estimate of drug-likeness (QED) is 0.399. The van der Waals surface area contributed by atoms with Crippen molar-refractivity contribution in [2.24, 2.45) is 11.8 Å². The zero-order valence-corrected chi connectivity index (χ0v) is 14.5. The maximum absolute atomic E-state index is 4.02. The Labute approximate surface area is 127 Å². The molecular formula is C19H37N. The summed E-state index contributed by atoms with van der Waals surface area (Å²) in [5.41, 5.74) is 0.344. The third kappa shape index (κ3) is 5.24. The Morgan fingerprint density at radius 3 is 2.35 bits per heavy atom. The molecule has 0 bridgehead atoms. The maximum Gasteiger partial charge on any atom is 0.0278 e. The molecule has 1 heteroatoms. The minimum absolute atomic E-state index is 0.344. The van der Waals surface area contributed by atoms with Gasteiger partial charge in [0.15, 0.2) is 0 Å². The molecule has 1 fully saturated rings. The molecule has 1 aliphatic carbocycles. The Kier molecular flexibility index (Phi) is 7.87. The zero-order chi connectivity index (χ0) is 15.0. The zero-order valence-electron chi connectivity index (χ0n) is 14.5. The van der Waals surface area contributed by atoms with Gasteiger partial charge in [-0.15, -0.1) is 0 Å². The van der Waals surface area contributed by atoms with Crippen molar-refractivity contribution in [1.29, 1.82) is 0 Å². The first-order valence-electron chi connectivity index (χ1n) is 8.97. The van der Waals surface area contributed by atoms with Gasteiger partial charge in [-0.3, -0.25) is 0 Å². The molecule has 0 aromatic carbocycles. The summed E-state index contributed by atoms with van der Waals surface area (Å²) in [5.74, 6) is 1.57. The largest absolute Gasteiger partial charge is 0.305 e. The number of nitrogens with one attached hydrogen (secondary N) is 1. The average Bonchev–Trinajstić information content (AvgIpc) is 2.30. The smallest absolute Gasteiger partial charge is 0.0278 e. The van der Waals surface area contributed by atoms with Crippen LogP contribution in [0.5, 0.6) is 0 Å². The molecule has 2 atom stereocenters. The predicted octanol–water partition coefficient (Wildman–Crippen LogP) is 5.71. The highest BCUT2D eigenvalue weighted by Gasteiger charge is 2.38. The summed E-state index contributed by atoms with van der Waals surface area (Å²) >= 11 is 0. The van der Waals surface area contributed by atoms with Crippen LogP contribution in [0.3, 0.4) is 0 Å². The van der Waals surface area contributed by atoms with E-state index >= 15 is 0 Å². The van der Waals surface area contributed by atoms with E-state index < -0.39 is 0 Å². The van der Waals surface area contributed by atoms with Crippen molar-refractivity contribution in [1.82, 2.24) is 5.32 Å². The van der Waals surface area contributed by atoms with Crippen molar-refractivity contribution >= 4 is 0 Å². The molecule has 0 heterocycles. The normalized spacial score (nSPS) is 21.1. The fourth-order valence-electron chi connectivity index (χ4n) is 3.34. The van der Waals surface area contributed by atoms with Gasteiger partial charge in [0, 0.05) is 11.6 Å². The van der Waals surface area contributed by atoms with Crippen LogP contribution < -0.4 is 5.32 Å². The van der Waals surface area contributed by atoms with Crippen molar-refractivity contribution in [3.8, 4) is 0 Å². The standard InChI is InChI=1S/C19H37N/c1-6-8-9-10-14-18(16(3)4)20-19(5,15-7-2)17-12-11-13-17/h10,14,16-18,20H,6-9,11-13,15H2,1-5H3/b14-10+. The van der Waals surface area contributed by atoms with Crippen LogP contribution in [0, 0.1) is 11.8 Å². The van der Waals surface area contributed by atoms with E-state index in [1.807, 2.05) is 0 Å². The molecule has 0 aromatic heterocycles. The SMILES string of the molecule is CCCC/C=C/C(NC(C)(CCC)C1CCC1)C(C)C. The monoisotopic (exact) mass is 279 g/mol. The molecule has 0 saturated heterocycles. The fourth-order valence-corrected chi connectivity index (χ4v) is 3.34. The lowest BCUT2D eigenvalue weighted by Gasteiger charge is -2.46. The molecule has 1 N–H and O–H groups in total. The van der Waals surface area contributed by atoms with E-state index in [0.29, 0.717) is 17.5 Å². The van der Waals surface area contributed by atoms with Crippen LogP contribution in [0.1, 0.15) is 86.0 Å². The number of hydrogen-bond donors (Lipinski definition) is 1. The minimum atomic E-state index is 0.344. The summed E-state index contributed by atoms with van der Waals surface area (Å²) in [6.45, 7) is 11.7. The highest BCUT2D eigenvalue weighted by Crippen LogP contribution is 2.39. The van der Waals surface area contributed by atoms with E-state index in [9.17, 15) is 0 Å². The van der Waals surface area contributed by atoms with Gasteiger partial charge in [0.2, 0.25) is 0 Å². The van der Waals surface area contributed by atoms with E-state index in [2.05, 4.69) is 52.1 Å². The van der Waals surface area contributed by atoms with Crippen LogP contribution in [0.15, 0.2) is 12.2 Å². The number of rotatable bonds is 10. The third-order valence-corrected chi connectivity index (χ3v) is 5.06. The summed E-state index contributed by atoms with van der Waals surface area (Å²) in [7, 11) is 0. The van der Waals surface area contributed by atoms with Crippen molar-refractivity contribution in [2.75, 3.05) is 0 Å². The van der Waals surface area contributed by atoms with Gasteiger partial charge in [-0.2, -0.15) is 0 Å². The molecule has 1 saturated carbocycles. The molecule has 1 rings (SSSR count). The fraction of sp³-hybridized carbons (Fsp3) is 0.895. The average molecular weight is 280 g/mol. The predicted molar refractivity (Wildman–Crippen MR) is 91.1 cm³/mol. The summed E-state index contributed by atoms with van der Waals surface area (Å²) in [6.07, 6.45) is 15.5. The molecule has 1 nitrogen and oxygen atoms in total. The molecule has 0 aromatic rings. The van der Waals surface area contributed by atoms with Crippen molar-refractivity contribution in [2.45, 2.75) is 97.6 Å². The lowest BCUT2D eigenvalue weighted by Crippen LogP contribution is -2.55. The lowest BCUT2D eigenvalue weighted by atomic mass is 9.69. The first kappa shape index (κ1) is 17.8. The Balaban J connectivity index is 2.62. The first-order chi connectivity index (χ1) is 9.53. The number of unbranched alkanes of at least 4 members (excludes halogenated alkanes) is 2. The van der Waals surface area contributed by atoms with Gasteiger partial charge in [0.25, 0.3) is 0 Å². The Hall–Kier alpha value is -0.300. The van der Waals surface area contributed by atoms with Crippen molar-refractivity contribution in [3.05, 3.63) is 12.2 Å². The van der Waals surface area contributed by atoms with Gasteiger partial charge in [0.1, 0.15) is 0 Å². The van der Waals surface area contributed by atoms with Crippen LogP contribution in [0.25, 0.3) is 0 Å². The molecule has 118 valence electrons. The second kappa shape index (κ2) is 8.87. The van der Waals surface area contributed by atoms with Crippen LogP contribution in [0.2, 0.25) is 0 Å². The van der Waals surface area contributed by atoms with Crippen molar-refractivity contribution < 1.29 is 0 Å². The Morgan fingerprint density at radius 1 is 1.20 bits per heavy atom. The lowest BCUT2D eigenvalue weighted by molar-refractivity contribution is 0.117. The summed E-state index contributed by atoms with van der Waals surface area (Å²) < 4.78 is 0. The van der Waals surface area contributed by atoms with Gasteiger partial charge >= 0.3 is 0 Å². The first-order valence-corrected chi connectivity index (χ1v) is 8.97. The summed E-state index contributed by atoms with van der Waals surface area (Å²) in [5, 5.41) is 4.02. The van der Waals surface area contributed by atoms with Gasteiger partial charge < -0.3 is 5.32 Å². The number of hydrogen-bond acceptors (Lipinski definition) is 1. The second-order valence-corrected chi connectivity index (χ2v) is 7.28. The molecule has 20 heavy (non-hydrogen) atoms. The van der Waals surface area contributed by atoms with Crippen LogP contribution in [-0.4, -0.2) is 11.6 Å². The molecule has 2 unspecified atom stereocenters. The topological polar surface area (TPSA) is 12.0 Å². The van der Waals surface area contributed by atoms with E-state index in [-0.39, 0.29) is 0 Å². The highest BCUT2D eigenvalue weighted by atomic mass is 15.0. The second-order valence-electron chi connectivity index (χ2n) is 7.28. The minimum Gasteiger partial charge on any atom is -0.305 e. The Bertz CT molecular complexity index is 277. The maximum atomic E-state index is 4.02. The summed E-state index contributed by atoms with van der Waals surface area (Å²) in [6, 6.07) is 0.531. The molecule has 0 spiro atoms.